The molecule has 1 aliphatic rings. The van der Waals surface area contributed by atoms with E-state index >= 15 is 0 Å². The van der Waals surface area contributed by atoms with Crippen molar-refractivity contribution in [2.24, 2.45) is 0 Å². The van der Waals surface area contributed by atoms with Crippen LogP contribution in [0.5, 0.6) is 5.75 Å². The van der Waals surface area contributed by atoms with E-state index in [1.165, 1.54) is 28.2 Å². The van der Waals surface area contributed by atoms with Gasteiger partial charge in [-0.05, 0) is 53.7 Å². The number of carbonyl (C=O) groups is 2. The number of benzene rings is 3. The summed E-state index contributed by atoms with van der Waals surface area (Å²) >= 11 is 1.00. The number of phenols is 1. The van der Waals surface area contributed by atoms with Gasteiger partial charge < -0.3 is 25.0 Å². The van der Waals surface area contributed by atoms with Crippen LogP contribution in [0, 0.1) is 0 Å². The number of carboxylic acid groups (broad SMARTS) is 1. The Bertz CT molecular complexity index is 1570. The number of aromatic nitrogens is 1. The van der Waals surface area contributed by atoms with Gasteiger partial charge in [0.05, 0.1) is 4.70 Å². The molecule has 4 aromatic rings. The number of H-pyrrole nitrogens is 1. The lowest BCUT2D eigenvalue weighted by molar-refractivity contribution is -0.128. The molecule has 9 heteroatoms. The molecule has 3 aromatic carbocycles. The zero-order chi connectivity index (χ0) is 28.2. The average Bonchev–Trinajstić information content (AvgIpc) is 3.56. The second kappa shape index (κ2) is 11.8. The predicted octanol–water partition coefficient (Wildman–Crippen LogP) is 4.78. The summed E-state index contributed by atoms with van der Waals surface area (Å²) in [5.74, 6) is -0.546. The van der Waals surface area contributed by atoms with Crippen molar-refractivity contribution in [3.8, 4) is 5.75 Å². The Hall–Kier alpha value is -4.37. The third-order valence-electron chi connectivity index (χ3n) is 7.60. The van der Waals surface area contributed by atoms with Crippen LogP contribution in [-0.2, 0) is 24.1 Å². The number of aromatic hydroxyl groups is 1. The highest BCUT2D eigenvalue weighted by Gasteiger charge is 2.30. The lowest BCUT2D eigenvalue weighted by atomic mass is 9.91. The van der Waals surface area contributed by atoms with Gasteiger partial charge in [0.15, 0.2) is 0 Å². The highest BCUT2D eigenvalue weighted by Crippen LogP contribution is 2.34. The Morgan fingerprint density at radius 1 is 1.02 bits per heavy atom. The number of hydrogen-bond donors (Lipinski definition) is 3. The van der Waals surface area contributed by atoms with Gasteiger partial charge in [0.1, 0.15) is 11.3 Å². The van der Waals surface area contributed by atoms with Gasteiger partial charge in [0, 0.05) is 31.6 Å². The molecule has 1 heterocycles. The number of rotatable bonds is 10. The molecule has 0 radical (unpaired) electrons. The lowest BCUT2D eigenvalue weighted by Gasteiger charge is -2.32. The minimum atomic E-state index is -1.09. The Labute approximate surface area is 235 Å². The summed E-state index contributed by atoms with van der Waals surface area (Å²) in [7, 11) is 0. The van der Waals surface area contributed by atoms with Crippen molar-refractivity contribution in [3.05, 3.63) is 111 Å². The van der Waals surface area contributed by atoms with Crippen LogP contribution < -0.4 is 4.87 Å². The number of carbonyl (C=O) groups excluding carboxylic acids is 1. The third kappa shape index (κ3) is 5.79. The first-order valence-electron chi connectivity index (χ1n) is 13.2. The van der Waals surface area contributed by atoms with E-state index < -0.39 is 6.09 Å². The van der Waals surface area contributed by atoms with Gasteiger partial charge in [-0.1, -0.05) is 78.6 Å². The number of hydrogen-bond acceptors (Lipinski definition) is 5. The molecule has 2 amide bonds. The monoisotopic (exact) mass is 557 g/mol. The lowest BCUT2D eigenvalue weighted by Crippen LogP contribution is -2.46. The molecule has 0 saturated heterocycles. The van der Waals surface area contributed by atoms with Crippen molar-refractivity contribution in [1.82, 2.24) is 14.8 Å². The van der Waals surface area contributed by atoms with Crippen LogP contribution in [0.4, 0.5) is 4.79 Å². The molecule has 0 aliphatic heterocycles. The second-order valence-corrected chi connectivity index (χ2v) is 11.1. The number of aromatic amines is 1. The summed E-state index contributed by atoms with van der Waals surface area (Å²) in [6.07, 6.45) is 2.17. The molecule has 1 aromatic heterocycles. The highest BCUT2D eigenvalue weighted by molar-refractivity contribution is 7.16. The molecule has 0 saturated carbocycles. The van der Waals surface area contributed by atoms with E-state index in [2.05, 4.69) is 23.7 Å². The van der Waals surface area contributed by atoms with Crippen molar-refractivity contribution < 1.29 is 19.8 Å². The molecule has 5 rings (SSSR count). The summed E-state index contributed by atoms with van der Waals surface area (Å²) in [4.78, 5) is 43.0. The first-order chi connectivity index (χ1) is 19.3. The summed E-state index contributed by atoms with van der Waals surface area (Å²) in [5.41, 5.74) is 4.57. The number of thiazole rings is 1. The molecular formula is C31H31N3O5S. The van der Waals surface area contributed by atoms with Crippen molar-refractivity contribution in [3.63, 3.8) is 0 Å². The van der Waals surface area contributed by atoms with Crippen LogP contribution >= 0.6 is 11.3 Å². The third-order valence-corrected chi connectivity index (χ3v) is 8.53. The van der Waals surface area contributed by atoms with E-state index in [-0.39, 0.29) is 48.1 Å². The molecule has 0 bridgehead atoms. The Kier molecular flexibility index (Phi) is 8.02. The van der Waals surface area contributed by atoms with Gasteiger partial charge >= 0.3 is 11.0 Å². The van der Waals surface area contributed by atoms with E-state index in [4.69, 9.17) is 0 Å². The molecule has 40 heavy (non-hydrogen) atoms. The van der Waals surface area contributed by atoms with Crippen molar-refractivity contribution >= 4 is 33.6 Å². The summed E-state index contributed by atoms with van der Waals surface area (Å²) in [6.45, 7) is 4.17. The summed E-state index contributed by atoms with van der Waals surface area (Å²) < 4.78 is 0.614. The number of fused-ring (bicyclic) bond motifs is 2. The van der Waals surface area contributed by atoms with Gasteiger partial charge in [-0.2, -0.15) is 0 Å². The standard InChI is InChI=1S/C31H31N3O5S/c1-2-27(36)34(24-17-21-10-6-7-11-22(21)18-24)15-14-33(31(38)39)19-23(16-20-8-4-3-5-9-20)25-12-13-26(35)28-29(25)40-30(37)32-28/h2-13,23-24,35H,1,14-19H2,(H,32,37)(H,38,39). The number of nitrogens with zero attached hydrogens (tertiary/aromatic N) is 2. The van der Waals surface area contributed by atoms with Crippen molar-refractivity contribution in [1.29, 1.82) is 0 Å². The molecule has 0 spiro atoms. The van der Waals surface area contributed by atoms with Gasteiger partial charge in [0.2, 0.25) is 5.91 Å². The van der Waals surface area contributed by atoms with Gasteiger partial charge in [-0.15, -0.1) is 0 Å². The van der Waals surface area contributed by atoms with Crippen LogP contribution in [0.25, 0.3) is 10.2 Å². The van der Waals surface area contributed by atoms with Crippen LogP contribution in [0.15, 0.2) is 84.2 Å². The zero-order valence-electron chi connectivity index (χ0n) is 22.0. The van der Waals surface area contributed by atoms with E-state index in [0.717, 1.165) is 35.3 Å². The maximum Gasteiger partial charge on any atom is 0.407 e. The normalized spacial score (nSPS) is 13.6. The fourth-order valence-corrected chi connectivity index (χ4v) is 6.59. The largest absolute Gasteiger partial charge is 0.506 e. The minimum Gasteiger partial charge on any atom is -0.506 e. The topological polar surface area (TPSA) is 114 Å². The summed E-state index contributed by atoms with van der Waals surface area (Å²) in [6, 6.07) is 21.1. The SMILES string of the molecule is C=CC(=O)N(CCN(CC(Cc1ccccc1)c1ccc(O)c2[nH]c(=O)sc12)C(=O)O)C1Cc2ccccc2C1. The molecule has 1 aliphatic carbocycles. The van der Waals surface area contributed by atoms with Crippen LogP contribution in [-0.4, -0.2) is 62.7 Å². The van der Waals surface area contributed by atoms with Gasteiger partial charge in [-0.3, -0.25) is 9.59 Å². The Balaban J connectivity index is 1.41. The van der Waals surface area contributed by atoms with E-state index in [1.807, 2.05) is 42.5 Å². The zero-order valence-corrected chi connectivity index (χ0v) is 22.8. The Morgan fingerprint density at radius 3 is 2.35 bits per heavy atom. The quantitative estimate of drug-likeness (QED) is 0.243. The van der Waals surface area contributed by atoms with Crippen LogP contribution in [0.1, 0.15) is 28.2 Å². The van der Waals surface area contributed by atoms with Crippen molar-refractivity contribution in [2.75, 3.05) is 19.6 Å². The Morgan fingerprint density at radius 2 is 1.70 bits per heavy atom. The van der Waals surface area contributed by atoms with Crippen LogP contribution in [0.3, 0.4) is 0 Å². The van der Waals surface area contributed by atoms with Gasteiger partial charge in [-0.25, -0.2) is 4.79 Å². The van der Waals surface area contributed by atoms with Crippen LogP contribution in [0.2, 0.25) is 0 Å². The smallest absolute Gasteiger partial charge is 0.407 e. The minimum absolute atomic E-state index is 0.0261. The molecular weight excluding hydrogens is 526 g/mol. The van der Waals surface area contributed by atoms with E-state index in [0.29, 0.717) is 16.6 Å². The molecule has 3 N–H and O–H groups in total. The number of nitrogens with one attached hydrogen (secondary N) is 1. The number of phenolic OH excluding ortho intramolecular Hbond substituents is 1. The molecule has 1 atom stereocenters. The molecule has 206 valence electrons. The molecule has 1 unspecified atom stereocenters. The fraction of sp³-hybridized carbons (Fsp3) is 0.258. The predicted molar refractivity (Wildman–Crippen MR) is 156 cm³/mol. The summed E-state index contributed by atoms with van der Waals surface area (Å²) in [5, 5.41) is 20.5. The highest BCUT2D eigenvalue weighted by atomic mass is 32.1. The molecule has 8 nitrogen and oxygen atoms in total. The van der Waals surface area contributed by atoms with E-state index in [1.54, 1.807) is 11.0 Å². The second-order valence-electron chi connectivity index (χ2n) is 10.1. The average molecular weight is 558 g/mol. The van der Waals surface area contributed by atoms with E-state index in [9.17, 15) is 24.6 Å². The van der Waals surface area contributed by atoms with Gasteiger partial charge in [0.25, 0.3) is 0 Å². The molecule has 0 fully saturated rings. The van der Waals surface area contributed by atoms with Crippen molar-refractivity contribution in [2.45, 2.75) is 31.2 Å². The maximum atomic E-state index is 12.9. The maximum absolute atomic E-state index is 12.9. The number of amides is 2. The first-order valence-corrected chi connectivity index (χ1v) is 14.0. The first kappa shape index (κ1) is 27.2. The fourth-order valence-electron chi connectivity index (χ4n) is 5.64.